The number of nitrogens with zero attached hydrogens (tertiary/aromatic N) is 3. The predicted octanol–water partition coefficient (Wildman–Crippen LogP) is 3.12. The van der Waals surface area contributed by atoms with Gasteiger partial charge in [0.2, 0.25) is 11.8 Å². The molecule has 2 saturated heterocycles. The number of thiophene rings is 1. The fourth-order valence-electron chi connectivity index (χ4n) is 4.32. The van der Waals surface area contributed by atoms with Gasteiger partial charge in [0.05, 0.1) is 5.41 Å². The van der Waals surface area contributed by atoms with Gasteiger partial charge in [-0.2, -0.15) is 0 Å². The van der Waals surface area contributed by atoms with Crippen molar-refractivity contribution < 1.29 is 9.59 Å². The molecule has 2 fully saturated rings. The first-order valence-corrected chi connectivity index (χ1v) is 10.5. The van der Waals surface area contributed by atoms with Crippen LogP contribution in [0.1, 0.15) is 36.1 Å². The maximum absolute atomic E-state index is 13.2. The van der Waals surface area contributed by atoms with Crippen LogP contribution in [0.15, 0.2) is 42.0 Å². The molecule has 0 radical (unpaired) electrons. The number of piperidine rings is 1. The van der Waals surface area contributed by atoms with E-state index in [9.17, 15) is 9.59 Å². The van der Waals surface area contributed by atoms with Crippen LogP contribution < -0.4 is 0 Å². The zero-order chi connectivity index (χ0) is 18.7. The second kappa shape index (κ2) is 7.80. The van der Waals surface area contributed by atoms with E-state index in [0.29, 0.717) is 26.1 Å². The van der Waals surface area contributed by atoms with Crippen LogP contribution in [0.2, 0.25) is 0 Å². The van der Waals surface area contributed by atoms with Gasteiger partial charge in [-0.1, -0.05) is 12.1 Å². The third kappa shape index (κ3) is 3.90. The Labute approximate surface area is 164 Å². The SMILES string of the molecule is O=C(CCc1cccs1)N1CC[C@]2(CCCN(Cc3cccnc3)C2=O)C1. The highest BCUT2D eigenvalue weighted by Crippen LogP contribution is 2.40. The molecule has 27 heavy (non-hydrogen) atoms. The van der Waals surface area contributed by atoms with Crippen LogP contribution in [-0.2, 0) is 22.6 Å². The van der Waals surface area contributed by atoms with E-state index in [0.717, 1.165) is 37.8 Å². The lowest BCUT2D eigenvalue weighted by atomic mass is 9.78. The van der Waals surface area contributed by atoms with Gasteiger partial charge in [0, 0.05) is 49.9 Å². The minimum atomic E-state index is -0.376. The largest absolute Gasteiger partial charge is 0.342 e. The molecule has 2 aromatic heterocycles. The monoisotopic (exact) mass is 383 g/mol. The molecule has 2 amide bonds. The first-order chi connectivity index (χ1) is 13.2. The summed E-state index contributed by atoms with van der Waals surface area (Å²) in [4.78, 5) is 35.1. The summed E-state index contributed by atoms with van der Waals surface area (Å²) in [6.45, 7) is 2.69. The summed E-state index contributed by atoms with van der Waals surface area (Å²) in [5, 5.41) is 2.04. The van der Waals surface area contributed by atoms with Gasteiger partial charge in [0.1, 0.15) is 0 Å². The zero-order valence-electron chi connectivity index (χ0n) is 15.5. The molecule has 0 saturated carbocycles. The van der Waals surface area contributed by atoms with Gasteiger partial charge < -0.3 is 9.80 Å². The van der Waals surface area contributed by atoms with Crippen LogP contribution in [0, 0.1) is 5.41 Å². The van der Waals surface area contributed by atoms with Crippen molar-refractivity contribution in [1.82, 2.24) is 14.8 Å². The molecule has 2 aliphatic heterocycles. The molecule has 4 rings (SSSR count). The van der Waals surface area contributed by atoms with Gasteiger partial charge in [0.15, 0.2) is 0 Å². The predicted molar refractivity (Wildman–Crippen MR) is 105 cm³/mol. The van der Waals surface area contributed by atoms with E-state index in [1.165, 1.54) is 4.88 Å². The number of likely N-dealkylation sites (tertiary alicyclic amines) is 2. The number of amides is 2. The Balaban J connectivity index is 1.38. The lowest BCUT2D eigenvalue weighted by molar-refractivity contribution is -0.146. The third-order valence-electron chi connectivity index (χ3n) is 5.79. The van der Waals surface area contributed by atoms with E-state index < -0.39 is 0 Å². The molecule has 1 spiro atoms. The fraction of sp³-hybridized carbons (Fsp3) is 0.476. The van der Waals surface area contributed by atoms with Crippen LogP contribution in [0.3, 0.4) is 0 Å². The van der Waals surface area contributed by atoms with E-state index in [2.05, 4.69) is 11.1 Å². The lowest BCUT2D eigenvalue weighted by Gasteiger charge is -2.39. The second-order valence-corrected chi connectivity index (χ2v) is 8.65. The van der Waals surface area contributed by atoms with Crippen LogP contribution in [0.5, 0.6) is 0 Å². The van der Waals surface area contributed by atoms with Gasteiger partial charge in [-0.25, -0.2) is 0 Å². The standard InChI is InChI=1S/C21H25N3O2S/c25-19(7-6-18-5-2-13-27-18)24-12-9-21(16-24)8-3-11-23(20(21)26)15-17-4-1-10-22-14-17/h1-2,4-5,10,13-14H,3,6-9,11-12,15-16H2/t21-/m1/s1. The molecule has 2 aromatic rings. The molecule has 0 N–H and O–H groups in total. The number of hydrogen-bond donors (Lipinski definition) is 0. The molecule has 6 heteroatoms. The molecule has 4 heterocycles. The van der Waals surface area contributed by atoms with E-state index in [-0.39, 0.29) is 17.2 Å². The summed E-state index contributed by atoms with van der Waals surface area (Å²) in [7, 11) is 0. The molecule has 0 unspecified atom stereocenters. The Morgan fingerprint density at radius 3 is 2.93 bits per heavy atom. The van der Waals surface area contributed by atoms with Crippen molar-refractivity contribution in [2.75, 3.05) is 19.6 Å². The topological polar surface area (TPSA) is 53.5 Å². The number of carbonyl (C=O) groups is 2. The highest BCUT2D eigenvalue weighted by atomic mass is 32.1. The summed E-state index contributed by atoms with van der Waals surface area (Å²) in [6.07, 6.45) is 7.59. The van der Waals surface area contributed by atoms with Crippen molar-refractivity contribution in [3.05, 3.63) is 52.5 Å². The van der Waals surface area contributed by atoms with Crippen molar-refractivity contribution in [2.24, 2.45) is 5.41 Å². The van der Waals surface area contributed by atoms with Crippen molar-refractivity contribution in [2.45, 2.75) is 38.6 Å². The summed E-state index contributed by atoms with van der Waals surface area (Å²) in [5.74, 6) is 0.392. The van der Waals surface area contributed by atoms with Gasteiger partial charge in [-0.05, 0) is 48.8 Å². The fourth-order valence-corrected chi connectivity index (χ4v) is 5.03. The summed E-state index contributed by atoms with van der Waals surface area (Å²) >= 11 is 1.69. The van der Waals surface area contributed by atoms with Gasteiger partial charge in [-0.3, -0.25) is 14.6 Å². The quantitative estimate of drug-likeness (QED) is 0.797. The molecule has 0 aliphatic carbocycles. The van der Waals surface area contributed by atoms with Crippen LogP contribution in [-0.4, -0.2) is 46.2 Å². The number of rotatable bonds is 5. The Hall–Kier alpha value is -2.21. The first kappa shape index (κ1) is 18.2. The highest BCUT2D eigenvalue weighted by molar-refractivity contribution is 7.09. The lowest BCUT2D eigenvalue weighted by Crippen LogP contribution is -2.50. The van der Waals surface area contributed by atoms with Crippen molar-refractivity contribution in [1.29, 1.82) is 0 Å². The highest BCUT2D eigenvalue weighted by Gasteiger charge is 2.49. The van der Waals surface area contributed by atoms with Crippen LogP contribution in [0.4, 0.5) is 0 Å². The Kier molecular flexibility index (Phi) is 5.25. The average Bonchev–Trinajstić information content (AvgIpc) is 3.35. The number of aromatic nitrogens is 1. The normalized spacial score (nSPS) is 22.6. The molecular formula is C21H25N3O2S. The van der Waals surface area contributed by atoms with E-state index in [1.54, 1.807) is 17.5 Å². The smallest absolute Gasteiger partial charge is 0.230 e. The van der Waals surface area contributed by atoms with Crippen molar-refractivity contribution in [3.63, 3.8) is 0 Å². The molecular weight excluding hydrogens is 358 g/mol. The first-order valence-electron chi connectivity index (χ1n) is 9.65. The van der Waals surface area contributed by atoms with E-state index >= 15 is 0 Å². The maximum Gasteiger partial charge on any atom is 0.230 e. The number of pyridine rings is 1. The Morgan fingerprint density at radius 2 is 2.15 bits per heavy atom. The van der Waals surface area contributed by atoms with Crippen LogP contribution in [0.25, 0.3) is 0 Å². The van der Waals surface area contributed by atoms with E-state index in [1.807, 2.05) is 39.6 Å². The molecule has 1 atom stereocenters. The average molecular weight is 384 g/mol. The summed E-state index contributed by atoms with van der Waals surface area (Å²) in [6, 6.07) is 8.01. The van der Waals surface area contributed by atoms with Crippen LogP contribution >= 0.6 is 11.3 Å². The minimum Gasteiger partial charge on any atom is -0.342 e. The molecule has 0 bridgehead atoms. The summed E-state index contributed by atoms with van der Waals surface area (Å²) < 4.78 is 0. The van der Waals surface area contributed by atoms with Gasteiger partial charge in [0.25, 0.3) is 0 Å². The number of hydrogen-bond acceptors (Lipinski definition) is 4. The second-order valence-electron chi connectivity index (χ2n) is 7.62. The Morgan fingerprint density at radius 1 is 1.22 bits per heavy atom. The Bertz CT molecular complexity index is 793. The van der Waals surface area contributed by atoms with Gasteiger partial charge >= 0.3 is 0 Å². The van der Waals surface area contributed by atoms with Gasteiger partial charge in [-0.15, -0.1) is 11.3 Å². The van der Waals surface area contributed by atoms with E-state index in [4.69, 9.17) is 0 Å². The zero-order valence-corrected chi connectivity index (χ0v) is 16.3. The number of carbonyl (C=O) groups excluding carboxylic acids is 2. The summed E-state index contributed by atoms with van der Waals surface area (Å²) in [5.41, 5.74) is 0.684. The van der Waals surface area contributed by atoms with Crippen molar-refractivity contribution >= 4 is 23.2 Å². The van der Waals surface area contributed by atoms with Crippen molar-refractivity contribution in [3.8, 4) is 0 Å². The molecule has 142 valence electrons. The molecule has 0 aromatic carbocycles. The third-order valence-corrected chi connectivity index (χ3v) is 6.73. The number of aryl methyl sites for hydroxylation is 1. The maximum atomic E-state index is 13.2. The molecule has 5 nitrogen and oxygen atoms in total. The molecule has 2 aliphatic rings. The minimum absolute atomic E-state index is 0.178.